The second-order valence-corrected chi connectivity index (χ2v) is 8.13. The Balaban J connectivity index is 1.74. The first kappa shape index (κ1) is 25.3. The van der Waals surface area contributed by atoms with Crippen molar-refractivity contribution in [2.75, 3.05) is 13.2 Å². The van der Waals surface area contributed by atoms with E-state index in [-0.39, 0.29) is 18.8 Å². The van der Waals surface area contributed by atoms with E-state index in [9.17, 15) is 8.78 Å². The molecule has 2 aromatic carbocycles. The Bertz CT molecular complexity index is 720. The third kappa shape index (κ3) is 9.39. The molecular formula is C27H38F2O2. The third-order valence-electron chi connectivity index (χ3n) is 5.50. The number of unbranched alkanes of at least 4 members (excludes halogenated alkanes) is 5. The van der Waals surface area contributed by atoms with Crippen LogP contribution in [-0.2, 0) is 4.74 Å². The van der Waals surface area contributed by atoms with E-state index in [0.29, 0.717) is 13.0 Å². The van der Waals surface area contributed by atoms with Crippen LogP contribution in [0.25, 0.3) is 11.1 Å². The second kappa shape index (κ2) is 15.0. The number of rotatable bonds is 16. The predicted molar refractivity (Wildman–Crippen MR) is 125 cm³/mol. The largest absolute Gasteiger partial charge is 0.490 e. The van der Waals surface area contributed by atoms with E-state index < -0.39 is 18.1 Å². The standard InChI is InChI=1S/C27H38F2O2/c1-3-5-6-7-8-12-19-30-26(13-4-2)24(28)18-20-31-27-17-16-23(21-25(27)29)22-14-10-9-11-15-22/h9-11,14-17,21,24,26H,3-8,12-13,18-20H2,1-2H3. The minimum absolute atomic E-state index is 0.128. The molecule has 0 spiro atoms. The van der Waals surface area contributed by atoms with Crippen LogP contribution in [0.4, 0.5) is 8.78 Å². The highest BCUT2D eigenvalue weighted by molar-refractivity contribution is 5.64. The summed E-state index contributed by atoms with van der Waals surface area (Å²) in [6.45, 7) is 4.97. The Kier molecular flexibility index (Phi) is 12.2. The van der Waals surface area contributed by atoms with Crippen LogP contribution < -0.4 is 4.74 Å². The Labute approximate surface area is 187 Å². The van der Waals surface area contributed by atoms with Crippen molar-refractivity contribution in [2.24, 2.45) is 0 Å². The normalized spacial score (nSPS) is 13.2. The molecule has 2 atom stereocenters. The first-order valence-electron chi connectivity index (χ1n) is 11.9. The molecule has 0 fully saturated rings. The number of hydrogen-bond donors (Lipinski definition) is 0. The van der Waals surface area contributed by atoms with Crippen LogP contribution in [0.15, 0.2) is 48.5 Å². The van der Waals surface area contributed by atoms with E-state index in [4.69, 9.17) is 9.47 Å². The summed E-state index contributed by atoms with van der Waals surface area (Å²) in [7, 11) is 0. The first-order chi connectivity index (χ1) is 15.2. The highest BCUT2D eigenvalue weighted by atomic mass is 19.1. The maximum absolute atomic E-state index is 14.7. The topological polar surface area (TPSA) is 18.5 Å². The van der Waals surface area contributed by atoms with E-state index in [1.165, 1.54) is 31.7 Å². The van der Waals surface area contributed by atoms with Crippen LogP contribution in [0.5, 0.6) is 5.75 Å². The van der Waals surface area contributed by atoms with Crippen LogP contribution in [0.3, 0.4) is 0 Å². The summed E-state index contributed by atoms with van der Waals surface area (Å²) in [6, 6.07) is 14.5. The molecule has 0 bridgehead atoms. The Morgan fingerprint density at radius 3 is 2.23 bits per heavy atom. The number of halogens is 2. The van der Waals surface area contributed by atoms with Crippen LogP contribution in [0.1, 0.15) is 71.6 Å². The zero-order valence-electron chi connectivity index (χ0n) is 19.1. The van der Waals surface area contributed by atoms with Gasteiger partial charge in [-0.3, -0.25) is 0 Å². The SMILES string of the molecule is CCCCCCCCOC(CCC)C(F)CCOc1ccc(-c2ccccc2)cc1F. The van der Waals surface area contributed by atoms with E-state index >= 15 is 0 Å². The average Bonchev–Trinajstić information content (AvgIpc) is 2.79. The van der Waals surface area contributed by atoms with Gasteiger partial charge in [0.05, 0.1) is 12.7 Å². The quantitative estimate of drug-likeness (QED) is 0.249. The van der Waals surface area contributed by atoms with Crippen LogP contribution in [-0.4, -0.2) is 25.5 Å². The molecule has 0 aliphatic carbocycles. The lowest BCUT2D eigenvalue weighted by Gasteiger charge is -2.21. The smallest absolute Gasteiger partial charge is 0.165 e. The van der Waals surface area contributed by atoms with Crippen LogP contribution in [0.2, 0.25) is 0 Å². The van der Waals surface area contributed by atoms with Crippen molar-refractivity contribution >= 4 is 0 Å². The monoisotopic (exact) mass is 432 g/mol. The molecule has 2 unspecified atom stereocenters. The summed E-state index contributed by atoms with van der Waals surface area (Å²) in [6.07, 6.45) is 7.36. The molecule has 0 saturated heterocycles. The van der Waals surface area contributed by atoms with Crippen molar-refractivity contribution in [3.05, 3.63) is 54.3 Å². The summed E-state index contributed by atoms with van der Waals surface area (Å²) >= 11 is 0. The molecule has 2 nitrogen and oxygen atoms in total. The molecule has 0 aliphatic rings. The highest BCUT2D eigenvalue weighted by Gasteiger charge is 2.21. The molecule has 0 aromatic heterocycles. The van der Waals surface area contributed by atoms with Gasteiger partial charge in [-0.25, -0.2) is 8.78 Å². The summed E-state index contributed by atoms with van der Waals surface area (Å²) < 4.78 is 40.5. The van der Waals surface area contributed by atoms with Crippen LogP contribution in [0, 0.1) is 5.82 Å². The Morgan fingerprint density at radius 1 is 0.774 bits per heavy atom. The fraction of sp³-hybridized carbons (Fsp3) is 0.556. The van der Waals surface area contributed by atoms with Gasteiger partial charge in [0.1, 0.15) is 6.17 Å². The maximum Gasteiger partial charge on any atom is 0.165 e. The fourth-order valence-electron chi connectivity index (χ4n) is 3.67. The molecule has 0 saturated carbocycles. The predicted octanol–water partition coefficient (Wildman–Crippen LogP) is 8.15. The minimum atomic E-state index is -1.10. The van der Waals surface area contributed by atoms with Crippen molar-refractivity contribution in [3.8, 4) is 16.9 Å². The number of ether oxygens (including phenoxy) is 2. The number of alkyl halides is 1. The summed E-state index contributed by atoms with van der Waals surface area (Å²) in [5.74, 6) is -0.270. The molecule has 2 aromatic rings. The van der Waals surface area contributed by atoms with Gasteiger partial charge >= 0.3 is 0 Å². The highest BCUT2D eigenvalue weighted by Crippen LogP contribution is 2.26. The van der Waals surface area contributed by atoms with Crippen molar-refractivity contribution in [3.63, 3.8) is 0 Å². The van der Waals surface area contributed by atoms with Gasteiger partial charge in [-0.15, -0.1) is 0 Å². The lowest BCUT2D eigenvalue weighted by atomic mass is 10.1. The second-order valence-electron chi connectivity index (χ2n) is 8.13. The number of hydrogen-bond acceptors (Lipinski definition) is 2. The molecule has 0 heterocycles. The van der Waals surface area contributed by atoms with Gasteiger partial charge in [0.25, 0.3) is 0 Å². The minimum Gasteiger partial charge on any atom is -0.490 e. The van der Waals surface area contributed by atoms with E-state index in [0.717, 1.165) is 30.4 Å². The van der Waals surface area contributed by atoms with Gasteiger partial charge in [-0.1, -0.05) is 88.8 Å². The first-order valence-corrected chi connectivity index (χ1v) is 11.9. The van der Waals surface area contributed by atoms with Crippen molar-refractivity contribution in [2.45, 2.75) is 83.9 Å². The van der Waals surface area contributed by atoms with Gasteiger partial charge in [0, 0.05) is 13.0 Å². The Hall–Kier alpha value is -1.94. The molecule has 0 amide bonds. The zero-order chi connectivity index (χ0) is 22.3. The molecule has 0 radical (unpaired) electrons. The molecule has 0 aliphatic heterocycles. The summed E-state index contributed by atoms with van der Waals surface area (Å²) in [5.41, 5.74) is 1.74. The Morgan fingerprint density at radius 2 is 1.52 bits per heavy atom. The van der Waals surface area contributed by atoms with E-state index in [2.05, 4.69) is 6.92 Å². The van der Waals surface area contributed by atoms with Crippen molar-refractivity contribution < 1.29 is 18.3 Å². The third-order valence-corrected chi connectivity index (χ3v) is 5.50. The van der Waals surface area contributed by atoms with Crippen molar-refractivity contribution in [1.29, 1.82) is 0 Å². The van der Waals surface area contributed by atoms with Gasteiger partial charge in [-0.05, 0) is 36.1 Å². The zero-order valence-corrected chi connectivity index (χ0v) is 19.1. The number of benzene rings is 2. The molecule has 0 N–H and O–H groups in total. The molecule has 31 heavy (non-hydrogen) atoms. The lowest BCUT2D eigenvalue weighted by molar-refractivity contribution is -0.0155. The molecule has 2 rings (SSSR count). The van der Waals surface area contributed by atoms with Gasteiger partial charge < -0.3 is 9.47 Å². The van der Waals surface area contributed by atoms with Gasteiger partial charge in [0.2, 0.25) is 0 Å². The molecule has 172 valence electrons. The van der Waals surface area contributed by atoms with E-state index in [1.807, 2.05) is 43.3 Å². The van der Waals surface area contributed by atoms with Gasteiger partial charge in [0.15, 0.2) is 11.6 Å². The summed E-state index contributed by atoms with van der Waals surface area (Å²) in [5, 5.41) is 0. The fourth-order valence-corrected chi connectivity index (χ4v) is 3.67. The van der Waals surface area contributed by atoms with Crippen LogP contribution >= 0.6 is 0 Å². The summed E-state index contributed by atoms with van der Waals surface area (Å²) in [4.78, 5) is 0. The molecular weight excluding hydrogens is 394 g/mol. The van der Waals surface area contributed by atoms with Gasteiger partial charge in [-0.2, -0.15) is 0 Å². The average molecular weight is 433 g/mol. The maximum atomic E-state index is 14.7. The van der Waals surface area contributed by atoms with Crippen molar-refractivity contribution in [1.82, 2.24) is 0 Å². The molecule has 4 heteroatoms. The van der Waals surface area contributed by atoms with E-state index in [1.54, 1.807) is 6.07 Å². The lowest BCUT2D eigenvalue weighted by Crippen LogP contribution is -2.27.